The summed E-state index contributed by atoms with van der Waals surface area (Å²) in [4.78, 5) is 12.4. The highest BCUT2D eigenvalue weighted by atomic mass is 35.6. The summed E-state index contributed by atoms with van der Waals surface area (Å²) in [6.07, 6.45) is 0. The van der Waals surface area contributed by atoms with Gasteiger partial charge in [-0.1, -0.05) is 65.1 Å². The van der Waals surface area contributed by atoms with Crippen LogP contribution in [-0.4, -0.2) is 23.5 Å². The van der Waals surface area contributed by atoms with Crippen LogP contribution in [0.25, 0.3) is 10.8 Å². The molecule has 0 spiro atoms. The number of nitrogens with one attached hydrogen (secondary N) is 1. The Morgan fingerprint density at radius 3 is 2.14 bits per heavy atom. The van der Waals surface area contributed by atoms with E-state index in [2.05, 4.69) is 5.32 Å². The maximum absolute atomic E-state index is 13.1. The molecule has 28 heavy (non-hydrogen) atoms. The molecule has 0 saturated carbocycles. The highest BCUT2D eigenvalue weighted by Crippen LogP contribution is 2.36. The number of fused-ring (bicyclic) bond motifs is 1. The lowest BCUT2D eigenvalue weighted by Gasteiger charge is -2.25. The standard InChI is InChI=1S/C19H13Cl3FNO3S/c20-19(21,22)18(28(26,27)16-9-7-15(23)8-10-16)24-17(25)14-6-5-12-3-1-2-4-13(12)11-14/h1-11,18H,(H,24,25). The normalized spacial score (nSPS) is 13.3. The van der Waals surface area contributed by atoms with Crippen LogP contribution in [0.3, 0.4) is 0 Å². The lowest BCUT2D eigenvalue weighted by atomic mass is 10.1. The SMILES string of the molecule is O=C(NC(C(Cl)(Cl)Cl)S(=O)(=O)c1ccc(F)cc1)c1ccc2ccccc2c1. The molecule has 0 aliphatic heterocycles. The van der Waals surface area contributed by atoms with Crippen LogP contribution >= 0.6 is 34.8 Å². The molecule has 4 nitrogen and oxygen atoms in total. The van der Waals surface area contributed by atoms with Gasteiger partial charge in [0.05, 0.1) is 4.90 Å². The van der Waals surface area contributed by atoms with Crippen molar-refractivity contribution in [3.8, 4) is 0 Å². The van der Waals surface area contributed by atoms with Crippen LogP contribution in [0, 0.1) is 5.82 Å². The topological polar surface area (TPSA) is 63.2 Å². The van der Waals surface area contributed by atoms with Crippen molar-refractivity contribution in [1.82, 2.24) is 5.32 Å². The van der Waals surface area contributed by atoms with Crippen LogP contribution in [-0.2, 0) is 9.84 Å². The Hall–Kier alpha value is -1.86. The van der Waals surface area contributed by atoms with E-state index in [-0.39, 0.29) is 10.5 Å². The summed E-state index contributed by atoms with van der Waals surface area (Å²) in [5, 5.41) is 2.10. The quantitative estimate of drug-likeness (QED) is 0.446. The Morgan fingerprint density at radius 2 is 1.54 bits per heavy atom. The fourth-order valence-electron chi connectivity index (χ4n) is 2.63. The first kappa shape index (κ1) is 20.9. The zero-order valence-electron chi connectivity index (χ0n) is 14.1. The average molecular weight is 461 g/mol. The van der Waals surface area contributed by atoms with E-state index >= 15 is 0 Å². The zero-order chi connectivity index (χ0) is 20.5. The van der Waals surface area contributed by atoms with Crippen molar-refractivity contribution in [3.05, 3.63) is 78.1 Å². The van der Waals surface area contributed by atoms with Gasteiger partial charge >= 0.3 is 0 Å². The van der Waals surface area contributed by atoms with Gasteiger partial charge in [-0.2, -0.15) is 0 Å². The summed E-state index contributed by atoms with van der Waals surface area (Å²) in [6, 6.07) is 16.2. The summed E-state index contributed by atoms with van der Waals surface area (Å²) >= 11 is 17.6. The third-order valence-corrected chi connectivity index (χ3v) is 7.09. The number of benzene rings is 3. The van der Waals surface area contributed by atoms with Gasteiger partial charge in [-0.15, -0.1) is 0 Å². The van der Waals surface area contributed by atoms with Crippen LogP contribution in [0.4, 0.5) is 4.39 Å². The summed E-state index contributed by atoms with van der Waals surface area (Å²) in [5.41, 5.74) is 0.201. The number of alkyl halides is 3. The van der Waals surface area contributed by atoms with Crippen LogP contribution in [0.15, 0.2) is 71.6 Å². The molecule has 3 aromatic carbocycles. The van der Waals surface area contributed by atoms with Crippen LogP contribution in [0.2, 0.25) is 0 Å². The molecule has 3 aromatic rings. The molecule has 0 bridgehead atoms. The van der Waals surface area contributed by atoms with Gasteiger partial charge in [0.2, 0.25) is 13.6 Å². The van der Waals surface area contributed by atoms with Crippen molar-refractivity contribution in [1.29, 1.82) is 0 Å². The van der Waals surface area contributed by atoms with Crippen LogP contribution in [0.5, 0.6) is 0 Å². The first-order valence-corrected chi connectivity index (χ1v) is 10.6. The maximum atomic E-state index is 13.1. The van der Waals surface area contributed by atoms with E-state index < -0.39 is 30.7 Å². The number of carbonyl (C=O) groups excluding carboxylic acids is 1. The number of amides is 1. The minimum atomic E-state index is -4.32. The maximum Gasteiger partial charge on any atom is 0.252 e. The summed E-state index contributed by atoms with van der Waals surface area (Å²) in [6.45, 7) is 0. The van der Waals surface area contributed by atoms with Gasteiger partial charge in [0, 0.05) is 5.56 Å². The Balaban J connectivity index is 1.96. The minimum absolute atomic E-state index is 0.201. The number of halogens is 4. The largest absolute Gasteiger partial charge is 0.332 e. The molecule has 0 aliphatic rings. The van der Waals surface area contributed by atoms with Crippen LogP contribution in [0.1, 0.15) is 10.4 Å². The lowest BCUT2D eigenvalue weighted by Crippen LogP contribution is -2.49. The van der Waals surface area contributed by atoms with E-state index in [0.29, 0.717) is 0 Å². The molecule has 1 atom stereocenters. The van der Waals surface area contributed by atoms with E-state index in [1.165, 1.54) is 6.07 Å². The minimum Gasteiger partial charge on any atom is -0.332 e. The van der Waals surface area contributed by atoms with Crippen LogP contribution < -0.4 is 5.32 Å². The smallest absolute Gasteiger partial charge is 0.252 e. The predicted octanol–water partition coefficient (Wildman–Crippen LogP) is 4.88. The summed E-state index contributed by atoms with van der Waals surface area (Å²) in [7, 11) is -4.32. The highest BCUT2D eigenvalue weighted by Gasteiger charge is 2.44. The van der Waals surface area contributed by atoms with E-state index in [4.69, 9.17) is 34.8 Å². The fourth-order valence-corrected chi connectivity index (χ4v) is 5.25. The van der Waals surface area contributed by atoms with Gasteiger partial charge in [-0.3, -0.25) is 4.79 Å². The van der Waals surface area contributed by atoms with Gasteiger partial charge in [-0.25, -0.2) is 12.8 Å². The molecule has 0 saturated heterocycles. The second kappa shape index (κ2) is 7.87. The molecule has 0 fully saturated rings. The average Bonchev–Trinajstić information content (AvgIpc) is 2.64. The third-order valence-electron chi connectivity index (χ3n) is 4.02. The lowest BCUT2D eigenvalue weighted by molar-refractivity contribution is 0.0948. The van der Waals surface area contributed by atoms with Crippen molar-refractivity contribution in [2.24, 2.45) is 0 Å². The van der Waals surface area contributed by atoms with Crippen molar-refractivity contribution in [2.75, 3.05) is 0 Å². The number of carbonyl (C=O) groups is 1. The second-order valence-electron chi connectivity index (χ2n) is 5.96. The molecule has 1 amide bonds. The first-order chi connectivity index (χ1) is 13.1. The highest BCUT2D eigenvalue weighted by molar-refractivity contribution is 7.92. The van der Waals surface area contributed by atoms with Crippen molar-refractivity contribution in [2.45, 2.75) is 14.1 Å². The van der Waals surface area contributed by atoms with E-state index in [1.807, 2.05) is 24.3 Å². The molecule has 0 aromatic heterocycles. The fraction of sp³-hybridized carbons (Fsp3) is 0.105. The number of rotatable bonds is 4. The monoisotopic (exact) mass is 459 g/mol. The number of hydrogen-bond acceptors (Lipinski definition) is 3. The molecule has 0 heterocycles. The first-order valence-electron chi connectivity index (χ1n) is 7.95. The summed E-state index contributed by atoms with van der Waals surface area (Å²) < 4.78 is 36.5. The van der Waals surface area contributed by atoms with Crippen molar-refractivity contribution >= 4 is 61.3 Å². The summed E-state index contributed by atoms with van der Waals surface area (Å²) in [5.74, 6) is -1.35. The third kappa shape index (κ3) is 4.41. The predicted molar refractivity (Wildman–Crippen MR) is 109 cm³/mol. The van der Waals surface area contributed by atoms with Gasteiger partial charge in [0.15, 0.2) is 5.37 Å². The van der Waals surface area contributed by atoms with Crippen molar-refractivity contribution in [3.63, 3.8) is 0 Å². The molecular formula is C19H13Cl3FNO3S. The van der Waals surface area contributed by atoms with E-state index in [0.717, 1.165) is 35.0 Å². The molecule has 1 unspecified atom stereocenters. The van der Waals surface area contributed by atoms with Crippen molar-refractivity contribution < 1.29 is 17.6 Å². The molecule has 0 radical (unpaired) electrons. The Kier molecular flexibility index (Phi) is 5.87. The molecule has 3 rings (SSSR count). The van der Waals surface area contributed by atoms with Gasteiger partial charge in [-0.05, 0) is 47.2 Å². The molecule has 1 N–H and O–H groups in total. The zero-order valence-corrected chi connectivity index (χ0v) is 17.2. The Labute approximate surface area is 176 Å². The Bertz CT molecular complexity index is 1130. The molecule has 0 aliphatic carbocycles. The van der Waals surface area contributed by atoms with E-state index in [1.54, 1.807) is 12.1 Å². The molecular weight excluding hydrogens is 448 g/mol. The number of hydrogen-bond donors (Lipinski definition) is 1. The molecule has 146 valence electrons. The van der Waals surface area contributed by atoms with Gasteiger partial charge in [0.1, 0.15) is 5.82 Å². The number of sulfone groups is 1. The van der Waals surface area contributed by atoms with Gasteiger partial charge < -0.3 is 5.32 Å². The second-order valence-corrected chi connectivity index (χ2v) is 10.4. The molecule has 9 heteroatoms. The van der Waals surface area contributed by atoms with E-state index in [9.17, 15) is 17.6 Å². The van der Waals surface area contributed by atoms with Gasteiger partial charge in [0.25, 0.3) is 5.91 Å². The Morgan fingerprint density at radius 1 is 0.929 bits per heavy atom.